The van der Waals surface area contributed by atoms with Crippen molar-refractivity contribution in [3.05, 3.63) is 59.7 Å². The van der Waals surface area contributed by atoms with Gasteiger partial charge in [0, 0.05) is 29.7 Å². The van der Waals surface area contributed by atoms with Crippen LogP contribution in [0.5, 0.6) is 17.4 Å². The predicted octanol–water partition coefficient (Wildman–Crippen LogP) is 3.33. The molecule has 28 heavy (non-hydrogen) atoms. The Labute approximate surface area is 160 Å². The molecule has 0 fully saturated rings. The Morgan fingerprint density at radius 1 is 1.11 bits per heavy atom. The molecule has 0 saturated carbocycles. The van der Waals surface area contributed by atoms with E-state index >= 15 is 0 Å². The molecule has 0 atom stereocenters. The lowest BCUT2D eigenvalue weighted by Gasteiger charge is -2.11. The van der Waals surface area contributed by atoms with Crippen molar-refractivity contribution < 1.29 is 24.4 Å². The molecule has 0 spiro atoms. The zero-order valence-electron chi connectivity index (χ0n) is 15.2. The van der Waals surface area contributed by atoms with E-state index in [1.807, 2.05) is 6.07 Å². The minimum Gasteiger partial charge on any atom is -0.505 e. The number of rotatable bonds is 5. The first-order valence-corrected chi connectivity index (χ1v) is 8.78. The van der Waals surface area contributed by atoms with Gasteiger partial charge < -0.3 is 24.6 Å². The topological polar surface area (TPSA) is 87.7 Å². The molecule has 0 aliphatic heterocycles. The van der Waals surface area contributed by atoms with Gasteiger partial charge in [-0.25, -0.2) is 4.39 Å². The van der Waals surface area contributed by atoms with Gasteiger partial charge in [-0.3, -0.25) is 4.98 Å². The number of methoxy groups -OCH3 is 1. The van der Waals surface area contributed by atoms with Crippen molar-refractivity contribution in [1.29, 1.82) is 0 Å². The SMILES string of the molecule is COc1c2cc(Cc3ccc(F)cc3)cnc2c(O)c2c(O)n(CCO)cc12. The molecule has 6 nitrogen and oxygen atoms in total. The van der Waals surface area contributed by atoms with Gasteiger partial charge in [0.25, 0.3) is 0 Å². The summed E-state index contributed by atoms with van der Waals surface area (Å²) in [4.78, 5) is 4.38. The van der Waals surface area contributed by atoms with E-state index in [0.717, 1.165) is 11.1 Å². The summed E-state index contributed by atoms with van der Waals surface area (Å²) in [6.07, 6.45) is 3.81. The van der Waals surface area contributed by atoms with Crippen molar-refractivity contribution in [1.82, 2.24) is 9.55 Å². The smallest absolute Gasteiger partial charge is 0.203 e. The van der Waals surface area contributed by atoms with Crippen LogP contribution in [0.15, 0.2) is 42.7 Å². The first-order valence-electron chi connectivity index (χ1n) is 8.78. The summed E-state index contributed by atoms with van der Waals surface area (Å²) in [6, 6.07) is 8.11. The third kappa shape index (κ3) is 2.90. The lowest BCUT2D eigenvalue weighted by atomic mass is 10.0. The lowest BCUT2D eigenvalue weighted by molar-refractivity contribution is 0.268. The summed E-state index contributed by atoms with van der Waals surface area (Å²) < 4.78 is 20.1. The molecule has 2 aromatic carbocycles. The van der Waals surface area contributed by atoms with E-state index in [4.69, 9.17) is 4.74 Å². The number of halogens is 1. The number of hydrogen-bond donors (Lipinski definition) is 3. The van der Waals surface area contributed by atoms with E-state index in [0.29, 0.717) is 28.5 Å². The fraction of sp³-hybridized carbons (Fsp3) is 0.190. The highest BCUT2D eigenvalue weighted by Gasteiger charge is 2.22. The first-order chi connectivity index (χ1) is 13.5. The van der Waals surface area contributed by atoms with Gasteiger partial charge in [-0.05, 0) is 35.7 Å². The fourth-order valence-electron chi connectivity index (χ4n) is 3.52. The van der Waals surface area contributed by atoms with E-state index in [1.165, 1.54) is 23.8 Å². The molecule has 3 N–H and O–H groups in total. The number of aliphatic hydroxyl groups excluding tert-OH is 1. The number of nitrogens with zero attached hydrogens (tertiary/aromatic N) is 2. The number of pyridine rings is 1. The number of phenolic OH excluding ortho intramolecular Hbond substituents is 1. The van der Waals surface area contributed by atoms with Gasteiger partial charge in [0.05, 0.1) is 19.1 Å². The van der Waals surface area contributed by atoms with Crippen LogP contribution in [0.25, 0.3) is 21.7 Å². The number of aromatic nitrogens is 2. The number of benzene rings is 2. The maximum atomic E-state index is 13.1. The molecule has 0 bridgehead atoms. The van der Waals surface area contributed by atoms with E-state index in [9.17, 15) is 19.7 Å². The zero-order chi connectivity index (χ0) is 19.8. The molecule has 4 rings (SSSR count). The second-order valence-corrected chi connectivity index (χ2v) is 6.58. The van der Waals surface area contributed by atoms with E-state index < -0.39 is 0 Å². The Balaban J connectivity index is 1.90. The Kier molecular flexibility index (Phi) is 4.52. The van der Waals surface area contributed by atoms with Crippen LogP contribution in [-0.2, 0) is 13.0 Å². The van der Waals surface area contributed by atoms with E-state index in [-0.39, 0.29) is 36.0 Å². The molecule has 0 radical (unpaired) electrons. The molecule has 4 aromatic rings. The molecule has 144 valence electrons. The quantitative estimate of drug-likeness (QED) is 0.493. The largest absolute Gasteiger partial charge is 0.505 e. The van der Waals surface area contributed by atoms with Crippen LogP contribution in [0.1, 0.15) is 11.1 Å². The third-order valence-corrected chi connectivity index (χ3v) is 4.81. The summed E-state index contributed by atoms with van der Waals surface area (Å²) in [5, 5.41) is 31.7. The minimum absolute atomic E-state index is 0.145. The van der Waals surface area contributed by atoms with Gasteiger partial charge in [-0.2, -0.15) is 0 Å². The van der Waals surface area contributed by atoms with E-state index in [2.05, 4.69) is 4.98 Å². The van der Waals surface area contributed by atoms with Crippen molar-refractivity contribution in [2.45, 2.75) is 13.0 Å². The third-order valence-electron chi connectivity index (χ3n) is 4.81. The maximum Gasteiger partial charge on any atom is 0.203 e. The summed E-state index contributed by atoms with van der Waals surface area (Å²) in [7, 11) is 1.51. The second kappa shape index (κ2) is 7.01. The predicted molar refractivity (Wildman–Crippen MR) is 103 cm³/mol. The number of aromatic hydroxyl groups is 2. The Hall–Kier alpha value is -3.32. The molecule has 7 heteroatoms. The van der Waals surface area contributed by atoms with Gasteiger partial charge in [0.2, 0.25) is 5.88 Å². The highest BCUT2D eigenvalue weighted by Crippen LogP contribution is 2.46. The average molecular weight is 382 g/mol. The average Bonchev–Trinajstić information content (AvgIpc) is 3.01. The molecule has 0 amide bonds. The van der Waals surface area contributed by atoms with Gasteiger partial charge in [-0.1, -0.05) is 12.1 Å². The summed E-state index contributed by atoms with van der Waals surface area (Å²) in [5.41, 5.74) is 2.11. The van der Waals surface area contributed by atoms with Gasteiger partial charge in [0.15, 0.2) is 5.75 Å². The van der Waals surface area contributed by atoms with Crippen LogP contribution in [0, 0.1) is 5.82 Å². The monoisotopic (exact) mass is 382 g/mol. The first kappa shape index (κ1) is 18.1. The Bertz CT molecular complexity index is 1170. The molecule has 2 aromatic heterocycles. The van der Waals surface area contributed by atoms with Crippen LogP contribution in [0.3, 0.4) is 0 Å². The molecular weight excluding hydrogens is 363 g/mol. The number of phenols is 1. The van der Waals surface area contributed by atoms with Crippen molar-refractivity contribution >= 4 is 21.7 Å². The van der Waals surface area contributed by atoms with E-state index in [1.54, 1.807) is 24.5 Å². The number of fused-ring (bicyclic) bond motifs is 2. The van der Waals surface area contributed by atoms with Crippen molar-refractivity contribution in [3.63, 3.8) is 0 Å². The number of ether oxygens (including phenoxy) is 1. The highest BCUT2D eigenvalue weighted by atomic mass is 19.1. The maximum absolute atomic E-state index is 13.1. The van der Waals surface area contributed by atoms with Gasteiger partial charge >= 0.3 is 0 Å². The second-order valence-electron chi connectivity index (χ2n) is 6.58. The van der Waals surface area contributed by atoms with Crippen LogP contribution >= 0.6 is 0 Å². The Morgan fingerprint density at radius 3 is 2.54 bits per heavy atom. The molecular formula is C21H19FN2O4. The zero-order valence-corrected chi connectivity index (χ0v) is 15.2. The van der Waals surface area contributed by atoms with Crippen LogP contribution in [0.4, 0.5) is 4.39 Å². The molecule has 0 aliphatic carbocycles. The normalized spacial score (nSPS) is 11.4. The van der Waals surface area contributed by atoms with Crippen molar-refractivity contribution in [3.8, 4) is 17.4 Å². The number of hydrogen-bond acceptors (Lipinski definition) is 5. The van der Waals surface area contributed by atoms with Crippen LogP contribution in [-0.4, -0.2) is 38.6 Å². The van der Waals surface area contributed by atoms with Crippen LogP contribution in [0.2, 0.25) is 0 Å². The Morgan fingerprint density at radius 2 is 1.86 bits per heavy atom. The molecule has 0 unspecified atom stereocenters. The van der Waals surface area contributed by atoms with Gasteiger partial charge in [-0.15, -0.1) is 0 Å². The standard InChI is InChI=1S/C21H19FN2O4/c1-28-20-15-9-13(8-12-2-4-14(22)5-3-12)10-23-18(15)19(26)17-16(20)11-24(6-7-25)21(17)27/h2-5,9-11,25-27H,6-8H2,1H3. The van der Waals surface area contributed by atoms with Crippen molar-refractivity contribution in [2.75, 3.05) is 13.7 Å². The van der Waals surface area contributed by atoms with Crippen LogP contribution < -0.4 is 4.74 Å². The summed E-state index contributed by atoms with van der Waals surface area (Å²) in [6.45, 7) is 0.0277. The lowest BCUT2D eigenvalue weighted by Crippen LogP contribution is -1.98. The molecule has 0 aliphatic rings. The highest BCUT2D eigenvalue weighted by molar-refractivity contribution is 6.11. The summed E-state index contributed by atoms with van der Waals surface area (Å²) >= 11 is 0. The summed E-state index contributed by atoms with van der Waals surface area (Å²) in [5.74, 6) is -0.114. The number of aliphatic hydroxyl groups is 1. The molecule has 0 saturated heterocycles. The fourth-order valence-corrected chi connectivity index (χ4v) is 3.52. The minimum atomic E-state index is -0.290. The van der Waals surface area contributed by atoms with Gasteiger partial charge in [0.1, 0.15) is 17.1 Å². The van der Waals surface area contributed by atoms with Crippen molar-refractivity contribution in [2.24, 2.45) is 0 Å². The molecule has 2 heterocycles.